The van der Waals surface area contributed by atoms with E-state index in [2.05, 4.69) is 18.2 Å². The number of likely N-dealkylation sites (tertiary alicyclic amines) is 1. The predicted octanol–water partition coefficient (Wildman–Crippen LogP) is 1.83. The van der Waals surface area contributed by atoms with Crippen LogP contribution in [0, 0.1) is 11.8 Å². The highest BCUT2D eigenvalue weighted by Crippen LogP contribution is 2.35. The lowest BCUT2D eigenvalue weighted by Gasteiger charge is -2.16. The highest BCUT2D eigenvalue weighted by atomic mass is 16.2. The van der Waals surface area contributed by atoms with Gasteiger partial charge < -0.3 is 4.90 Å². The predicted molar refractivity (Wildman–Crippen MR) is 58.0 cm³/mol. The number of hydrogen-bond acceptors (Lipinski definition) is 1. The van der Waals surface area contributed by atoms with Gasteiger partial charge in [0.25, 0.3) is 0 Å². The van der Waals surface area contributed by atoms with Crippen LogP contribution in [0.3, 0.4) is 0 Å². The molecule has 15 heavy (non-hydrogen) atoms. The quantitative estimate of drug-likeness (QED) is 0.665. The molecule has 0 radical (unpaired) electrons. The van der Waals surface area contributed by atoms with E-state index in [4.69, 9.17) is 0 Å². The minimum atomic E-state index is 0.189. The van der Waals surface area contributed by atoms with Crippen LogP contribution in [0.5, 0.6) is 0 Å². The zero-order valence-corrected chi connectivity index (χ0v) is 8.47. The van der Waals surface area contributed by atoms with E-state index >= 15 is 0 Å². The summed E-state index contributed by atoms with van der Waals surface area (Å²) in [5, 5.41) is 0. The zero-order valence-electron chi connectivity index (χ0n) is 8.47. The average molecular weight is 199 g/mol. The molecule has 2 atom stereocenters. The molecule has 0 N–H and O–H groups in total. The molecule has 0 aromatic heterocycles. The Morgan fingerprint density at radius 2 is 2.00 bits per heavy atom. The van der Waals surface area contributed by atoms with Gasteiger partial charge in [-0.2, -0.15) is 0 Å². The maximum Gasteiger partial charge on any atom is 0.230 e. The monoisotopic (exact) mass is 199 g/mol. The molecule has 1 amide bonds. The van der Waals surface area contributed by atoms with Gasteiger partial charge in [-0.1, -0.05) is 42.5 Å². The molecular formula is C13H13NO. The fraction of sp³-hybridized carbons (Fsp3) is 0.308. The van der Waals surface area contributed by atoms with Gasteiger partial charge >= 0.3 is 0 Å². The van der Waals surface area contributed by atoms with E-state index in [9.17, 15) is 4.79 Å². The highest BCUT2D eigenvalue weighted by molar-refractivity contribution is 5.85. The minimum absolute atomic E-state index is 0.189. The Labute approximate surface area is 89.2 Å². The molecule has 0 spiro atoms. The Hall–Kier alpha value is -1.57. The summed E-state index contributed by atoms with van der Waals surface area (Å²) in [7, 11) is 0. The third kappa shape index (κ3) is 1.37. The van der Waals surface area contributed by atoms with E-state index in [1.165, 1.54) is 5.56 Å². The smallest absolute Gasteiger partial charge is 0.230 e. The molecule has 2 heteroatoms. The Bertz CT molecular complexity index is 410. The summed E-state index contributed by atoms with van der Waals surface area (Å²) in [6, 6.07) is 10.2. The summed E-state index contributed by atoms with van der Waals surface area (Å²) in [6.45, 7) is 1.66. The fourth-order valence-electron chi connectivity index (χ4n) is 2.32. The Kier molecular flexibility index (Phi) is 1.88. The topological polar surface area (TPSA) is 20.3 Å². The number of fused-ring (bicyclic) bond motifs is 1. The second-order valence-corrected chi connectivity index (χ2v) is 4.28. The van der Waals surface area contributed by atoms with E-state index in [1.54, 1.807) is 0 Å². The first-order valence-electron chi connectivity index (χ1n) is 5.35. The van der Waals surface area contributed by atoms with Gasteiger partial charge in [0.15, 0.2) is 0 Å². The van der Waals surface area contributed by atoms with Gasteiger partial charge in [-0.3, -0.25) is 4.79 Å². The second-order valence-electron chi connectivity index (χ2n) is 4.28. The molecule has 1 fully saturated rings. The molecular weight excluding hydrogens is 186 g/mol. The van der Waals surface area contributed by atoms with Gasteiger partial charge in [0.05, 0.1) is 5.92 Å². The van der Waals surface area contributed by atoms with Crippen LogP contribution in [0.4, 0.5) is 0 Å². The molecule has 1 aromatic carbocycles. The Balaban J connectivity index is 1.73. The van der Waals surface area contributed by atoms with Crippen LogP contribution in [0.25, 0.3) is 0 Å². The van der Waals surface area contributed by atoms with E-state index < -0.39 is 0 Å². The van der Waals surface area contributed by atoms with E-state index in [-0.39, 0.29) is 5.92 Å². The van der Waals surface area contributed by atoms with Crippen LogP contribution in [-0.4, -0.2) is 17.4 Å². The first kappa shape index (κ1) is 8.72. The maximum absolute atomic E-state index is 11.8. The molecule has 3 rings (SSSR count). The van der Waals surface area contributed by atoms with Crippen LogP contribution in [-0.2, 0) is 11.3 Å². The van der Waals surface area contributed by atoms with Crippen molar-refractivity contribution in [2.75, 3.05) is 6.54 Å². The number of benzene rings is 1. The van der Waals surface area contributed by atoms with Gasteiger partial charge in [0.2, 0.25) is 5.91 Å². The van der Waals surface area contributed by atoms with Gasteiger partial charge in [0, 0.05) is 19.0 Å². The van der Waals surface area contributed by atoms with Gasteiger partial charge in [-0.05, 0) is 5.56 Å². The number of amides is 1. The first-order valence-corrected chi connectivity index (χ1v) is 5.35. The second kappa shape index (κ2) is 3.23. The number of rotatable bonds is 2. The maximum atomic E-state index is 11.8. The van der Waals surface area contributed by atoms with Gasteiger partial charge in [-0.15, -0.1) is 0 Å². The third-order valence-corrected chi connectivity index (χ3v) is 3.27. The molecule has 1 heterocycles. The van der Waals surface area contributed by atoms with Crippen molar-refractivity contribution in [2.45, 2.75) is 6.54 Å². The summed E-state index contributed by atoms with van der Waals surface area (Å²) >= 11 is 0. The average Bonchev–Trinajstić information content (AvgIpc) is 2.42. The number of carbonyl (C=O) groups is 1. The largest absolute Gasteiger partial charge is 0.337 e. The third-order valence-electron chi connectivity index (χ3n) is 3.27. The van der Waals surface area contributed by atoms with Crippen LogP contribution >= 0.6 is 0 Å². The number of carbonyl (C=O) groups excluding carboxylic acids is 1. The molecule has 1 aliphatic heterocycles. The molecule has 0 unspecified atom stereocenters. The molecule has 2 nitrogen and oxygen atoms in total. The fourth-order valence-corrected chi connectivity index (χ4v) is 2.32. The normalized spacial score (nSPS) is 27.7. The number of hydrogen-bond donors (Lipinski definition) is 0. The molecule has 0 saturated carbocycles. The van der Waals surface area contributed by atoms with Gasteiger partial charge in [-0.25, -0.2) is 0 Å². The summed E-state index contributed by atoms with van der Waals surface area (Å²) in [6.07, 6.45) is 4.17. The van der Waals surface area contributed by atoms with Crippen molar-refractivity contribution in [3.63, 3.8) is 0 Å². The summed E-state index contributed by atoms with van der Waals surface area (Å²) in [5.41, 5.74) is 1.21. The van der Waals surface area contributed by atoms with Crippen molar-refractivity contribution in [1.82, 2.24) is 4.90 Å². The lowest BCUT2D eigenvalue weighted by Crippen LogP contribution is -2.26. The molecule has 76 valence electrons. The van der Waals surface area contributed by atoms with Crippen molar-refractivity contribution in [3.8, 4) is 0 Å². The SMILES string of the molecule is O=C1[C@@H]2C=C[C@@H]2CN1Cc1ccccc1. The van der Waals surface area contributed by atoms with Crippen LogP contribution < -0.4 is 0 Å². The van der Waals surface area contributed by atoms with E-state index in [1.807, 2.05) is 29.2 Å². The Morgan fingerprint density at radius 3 is 2.53 bits per heavy atom. The standard InChI is InChI=1S/C13H13NO/c15-13-12-7-6-11(12)9-14(13)8-10-4-2-1-3-5-10/h1-7,11-12H,8-9H2/t11-,12-/m1/s1. The van der Waals surface area contributed by atoms with Crippen LogP contribution in [0.15, 0.2) is 42.5 Å². The van der Waals surface area contributed by atoms with Crippen molar-refractivity contribution in [3.05, 3.63) is 48.0 Å². The molecule has 0 bridgehead atoms. The lowest BCUT2D eigenvalue weighted by atomic mass is 9.85. The van der Waals surface area contributed by atoms with Crippen molar-refractivity contribution >= 4 is 5.91 Å². The van der Waals surface area contributed by atoms with Crippen molar-refractivity contribution in [2.24, 2.45) is 11.8 Å². The minimum Gasteiger partial charge on any atom is -0.337 e. The van der Waals surface area contributed by atoms with E-state index in [0.29, 0.717) is 11.8 Å². The summed E-state index contributed by atoms with van der Waals surface area (Å²) < 4.78 is 0. The highest BCUT2D eigenvalue weighted by Gasteiger charge is 2.41. The number of nitrogens with zero attached hydrogens (tertiary/aromatic N) is 1. The molecule has 1 saturated heterocycles. The molecule has 1 aliphatic carbocycles. The summed E-state index contributed by atoms with van der Waals surface area (Å²) in [4.78, 5) is 13.8. The van der Waals surface area contributed by atoms with Crippen molar-refractivity contribution < 1.29 is 4.79 Å². The van der Waals surface area contributed by atoms with E-state index in [0.717, 1.165) is 13.1 Å². The van der Waals surface area contributed by atoms with Gasteiger partial charge in [0.1, 0.15) is 0 Å². The Morgan fingerprint density at radius 1 is 1.20 bits per heavy atom. The summed E-state index contributed by atoms with van der Waals surface area (Å²) in [5.74, 6) is 0.973. The van der Waals surface area contributed by atoms with Crippen molar-refractivity contribution in [1.29, 1.82) is 0 Å². The first-order chi connectivity index (χ1) is 7.34. The lowest BCUT2D eigenvalue weighted by molar-refractivity contribution is -0.130. The van der Waals surface area contributed by atoms with Crippen LogP contribution in [0.2, 0.25) is 0 Å². The molecule has 1 aromatic rings. The zero-order chi connectivity index (χ0) is 10.3. The molecule has 2 aliphatic rings. The van der Waals surface area contributed by atoms with Crippen LogP contribution in [0.1, 0.15) is 5.56 Å².